The summed E-state index contributed by atoms with van der Waals surface area (Å²) >= 11 is 0. The van der Waals surface area contributed by atoms with Gasteiger partial charge in [0.2, 0.25) is 5.82 Å². The summed E-state index contributed by atoms with van der Waals surface area (Å²) in [6.07, 6.45) is 1.68. The summed E-state index contributed by atoms with van der Waals surface area (Å²) < 4.78 is 5.96. The summed E-state index contributed by atoms with van der Waals surface area (Å²) in [6.45, 7) is 4.14. The number of hydrogen-bond donors (Lipinski definition) is 0. The smallest absolute Gasteiger partial charge is 0.295 e. The maximum Gasteiger partial charge on any atom is 0.441 e. The van der Waals surface area contributed by atoms with Crippen molar-refractivity contribution < 1.29 is 4.52 Å². The van der Waals surface area contributed by atoms with Gasteiger partial charge in [-0.1, -0.05) is 25.1 Å². The molecule has 0 N–H and O–H groups in total. The van der Waals surface area contributed by atoms with Crippen LogP contribution in [0.3, 0.4) is 0 Å². The second kappa shape index (κ2) is 3.92. The van der Waals surface area contributed by atoms with Crippen LogP contribution in [0.1, 0.15) is 25.3 Å². The predicted molar refractivity (Wildman–Crippen MR) is 59.1 cm³/mol. The van der Waals surface area contributed by atoms with Crippen LogP contribution < -0.4 is 5.76 Å². The van der Waals surface area contributed by atoms with E-state index in [1.54, 1.807) is 13.2 Å². The highest BCUT2D eigenvalue weighted by Gasteiger charge is 2.16. The SMILES string of the molecule is CC(C)c1cccnc1-c1noc(=O)n1C. The van der Waals surface area contributed by atoms with Crippen LogP contribution in [0, 0.1) is 0 Å². The molecule has 0 fully saturated rings. The lowest BCUT2D eigenvalue weighted by Crippen LogP contribution is -2.11. The third-order valence-electron chi connectivity index (χ3n) is 2.47. The fraction of sp³-hybridized carbons (Fsp3) is 0.364. The molecule has 2 aromatic heterocycles. The number of aromatic nitrogens is 3. The van der Waals surface area contributed by atoms with Crippen molar-refractivity contribution in [1.29, 1.82) is 0 Å². The molecule has 0 amide bonds. The minimum atomic E-state index is -0.477. The van der Waals surface area contributed by atoms with Gasteiger partial charge >= 0.3 is 5.76 Å². The zero-order valence-electron chi connectivity index (χ0n) is 9.47. The lowest BCUT2D eigenvalue weighted by atomic mass is 10.0. The molecule has 0 radical (unpaired) electrons. The van der Waals surface area contributed by atoms with Gasteiger partial charge in [0.15, 0.2) is 0 Å². The Bertz CT molecular complexity index is 554. The van der Waals surface area contributed by atoms with Crippen LogP contribution in [0.4, 0.5) is 0 Å². The molecule has 5 nitrogen and oxygen atoms in total. The van der Waals surface area contributed by atoms with Crippen molar-refractivity contribution in [3.63, 3.8) is 0 Å². The molecule has 16 heavy (non-hydrogen) atoms. The van der Waals surface area contributed by atoms with E-state index in [4.69, 9.17) is 0 Å². The Morgan fingerprint density at radius 2 is 2.19 bits per heavy atom. The number of hydrogen-bond acceptors (Lipinski definition) is 4. The molecule has 0 bridgehead atoms. The summed E-state index contributed by atoms with van der Waals surface area (Å²) in [7, 11) is 1.62. The summed E-state index contributed by atoms with van der Waals surface area (Å²) in [5, 5.41) is 3.74. The van der Waals surface area contributed by atoms with Crippen LogP contribution in [-0.4, -0.2) is 14.7 Å². The van der Waals surface area contributed by atoms with Crippen LogP contribution in [0.2, 0.25) is 0 Å². The first-order chi connectivity index (χ1) is 7.61. The van der Waals surface area contributed by atoms with Crippen molar-refractivity contribution in [2.75, 3.05) is 0 Å². The lowest BCUT2D eigenvalue weighted by Gasteiger charge is -2.09. The fourth-order valence-electron chi connectivity index (χ4n) is 1.56. The Morgan fingerprint density at radius 3 is 2.75 bits per heavy atom. The summed E-state index contributed by atoms with van der Waals surface area (Å²) in [5.74, 6) is 0.306. The average Bonchev–Trinajstić information content (AvgIpc) is 2.60. The molecule has 0 saturated heterocycles. The second-order valence-corrected chi connectivity index (χ2v) is 3.93. The van der Waals surface area contributed by atoms with Crippen molar-refractivity contribution >= 4 is 0 Å². The highest BCUT2D eigenvalue weighted by Crippen LogP contribution is 2.24. The third-order valence-corrected chi connectivity index (χ3v) is 2.47. The molecule has 0 aliphatic heterocycles. The van der Waals surface area contributed by atoms with Gasteiger partial charge < -0.3 is 0 Å². The molecule has 0 atom stereocenters. The monoisotopic (exact) mass is 219 g/mol. The first kappa shape index (κ1) is 10.6. The Labute approximate surface area is 92.7 Å². The average molecular weight is 219 g/mol. The van der Waals surface area contributed by atoms with Crippen molar-refractivity contribution in [2.45, 2.75) is 19.8 Å². The molecule has 0 saturated carbocycles. The summed E-state index contributed by atoms with van der Waals surface area (Å²) in [5.41, 5.74) is 1.75. The van der Waals surface area contributed by atoms with Crippen LogP contribution in [0.15, 0.2) is 27.6 Å². The zero-order valence-corrected chi connectivity index (χ0v) is 9.47. The maximum absolute atomic E-state index is 11.2. The van der Waals surface area contributed by atoms with Crippen molar-refractivity contribution in [1.82, 2.24) is 14.7 Å². The van der Waals surface area contributed by atoms with Crippen molar-refractivity contribution in [3.8, 4) is 11.5 Å². The Hall–Kier alpha value is -1.91. The third kappa shape index (κ3) is 1.64. The Kier molecular flexibility index (Phi) is 2.60. The normalized spacial score (nSPS) is 11.0. The van der Waals surface area contributed by atoms with Gasteiger partial charge in [0, 0.05) is 13.2 Å². The first-order valence-electron chi connectivity index (χ1n) is 5.09. The predicted octanol–water partition coefficient (Wildman–Crippen LogP) is 1.56. The molecule has 0 aliphatic rings. The van der Waals surface area contributed by atoms with Crippen LogP contribution in [-0.2, 0) is 7.05 Å². The van der Waals surface area contributed by atoms with Gasteiger partial charge in [0.05, 0.1) is 0 Å². The molecule has 2 heterocycles. The van der Waals surface area contributed by atoms with E-state index in [0.717, 1.165) is 5.56 Å². The molecule has 0 unspecified atom stereocenters. The van der Waals surface area contributed by atoms with Gasteiger partial charge in [-0.25, -0.2) is 4.79 Å². The summed E-state index contributed by atoms with van der Waals surface area (Å²) in [6, 6.07) is 3.85. The minimum absolute atomic E-state index is 0.315. The van der Waals surface area contributed by atoms with Gasteiger partial charge in [-0.2, -0.15) is 0 Å². The molecule has 2 rings (SSSR count). The molecular formula is C11H13N3O2. The van der Waals surface area contributed by atoms with Crippen molar-refractivity contribution in [2.24, 2.45) is 7.05 Å². The van der Waals surface area contributed by atoms with Crippen LogP contribution in [0.25, 0.3) is 11.5 Å². The van der Waals surface area contributed by atoms with Gasteiger partial charge in [-0.15, -0.1) is 0 Å². The molecule has 0 aromatic carbocycles. The fourth-order valence-corrected chi connectivity index (χ4v) is 1.56. The standard InChI is InChI=1S/C11H13N3O2/c1-7(2)8-5-4-6-12-9(8)10-13-16-11(15)14(10)3/h4-7H,1-3H3. The summed E-state index contributed by atoms with van der Waals surface area (Å²) in [4.78, 5) is 15.5. The number of nitrogens with zero attached hydrogens (tertiary/aromatic N) is 3. The lowest BCUT2D eigenvalue weighted by molar-refractivity contribution is 0.380. The highest BCUT2D eigenvalue weighted by atomic mass is 16.5. The quantitative estimate of drug-likeness (QED) is 0.769. The molecular weight excluding hydrogens is 206 g/mol. The molecule has 2 aromatic rings. The molecule has 0 spiro atoms. The molecule has 5 heteroatoms. The maximum atomic E-state index is 11.2. The van der Waals surface area contributed by atoms with Gasteiger partial charge in [-0.3, -0.25) is 14.1 Å². The Morgan fingerprint density at radius 1 is 1.44 bits per heavy atom. The van der Waals surface area contributed by atoms with Gasteiger partial charge in [0.1, 0.15) is 5.69 Å². The number of rotatable bonds is 2. The highest BCUT2D eigenvalue weighted by molar-refractivity contribution is 5.55. The zero-order chi connectivity index (χ0) is 11.7. The van der Waals surface area contributed by atoms with Gasteiger partial charge in [0.25, 0.3) is 0 Å². The van der Waals surface area contributed by atoms with Gasteiger partial charge in [-0.05, 0) is 17.5 Å². The van der Waals surface area contributed by atoms with Crippen LogP contribution in [0.5, 0.6) is 0 Å². The minimum Gasteiger partial charge on any atom is -0.295 e. The topological polar surface area (TPSA) is 60.9 Å². The van der Waals surface area contributed by atoms with E-state index in [0.29, 0.717) is 17.4 Å². The van der Waals surface area contributed by atoms with Crippen molar-refractivity contribution in [3.05, 3.63) is 34.4 Å². The van der Waals surface area contributed by atoms with E-state index < -0.39 is 5.76 Å². The van der Waals surface area contributed by atoms with Crippen LogP contribution >= 0.6 is 0 Å². The van der Waals surface area contributed by atoms with E-state index in [1.165, 1.54) is 4.57 Å². The molecule has 0 aliphatic carbocycles. The number of pyridine rings is 1. The van der Waals surface area contributed by atoms with E-state index in [9.17, 15) is 4.79 Å². The first-order valence-corrected chi connectivity index (χ1v) is 5.09. The van der Waals surface area contributed by atoms with E-state index in [2.05, 4.69) is 28.5 Å². The second-order valence-electron chi connectivity index (χ2n) is 3.93. The molecule has 84 valence electrons. The largest absolute Gasteiger partial charge is 0.441 e. The Balaban J connectivity index is 2.64. The van der Waals surface area contributed by atoms with E-state index in [-0.39, 0.29) is 0 Å². The van der Waals surface area contributed by atoms with E-state index >= 15 is 0 Å². The van der Waals surface area contributed by atoms with E-state index in [1.807, 2.05) is 12.1 Å².